The van der Waals surface area contributed by atoms with Crippen molar-refractivity contribution in [2.75, 3.05) is 5.32 Å². The molecule has 0 bridgehead atoms. The summed E-state index contributed by atoms with van der Waals surface area (Å²) in [5, 5.41) is 8.18. The van der Waals surface area contributed by atoms with E-state index < -0.39 is 10.0 Å². The van der Waals surface area contributed by atoms with E-state index in [4.69, 9.17) is 5.14 Å². The zero-order valence-electron chi connectivity index (χ0n) is 15.9. The third-order valence-electron chi connectivity index (χ3n) is 4.42. The second-order valence-corrected chi connectivity index (χ2v) is 9.15. The van der Waals surface area contributed by atoms with Gasteiger partial charge in [-0.2, -0.15) is 0 Å². The van der Waals surface area contributed by atoms with Gasteiger partial charge in [-0.1, -0.05) is 42.5 Å². The van der Waals surface area contributed by atoms with Crippen LogP contribution in [0, 0.1) is 5.82 Å². The summed E-state index contributed by atoms with van der Waals surface area (Å²) in [5.74, 6) is -0.763. The van der Waals surface area contributed by atoms with Crippen molar-refractivity contribution in [2.45, 2.75) is 4.90 Å². The topological polar surface area (TPSA) is 102 Å². The number of primary sulfonamides is 1. The van der Waals surface area contributed by atoms with Crippen molar-refractivity contribution in [2.24, 2.45) is 5.14 Å². The Morgan fingerprint density at radius 1 is 0.903 bits per heavy atom. The molecule has 3 N–H and O–H groups in total. The van der Waals surface area contributed by atoms with Gasteiger partial charge in [0.1, 0.15) is 5.82 Å². The van der Waals surface area contributed by atoms with Crippen LogP contribution in [0.15, 0.2) is 83.8 Å². The average Bonchev–Trinajstić information content (AvgIpc) is 3.20. The molecule has 0 atom stereocenters. The lowest BCUT2D eigenvalue weighted by Gasteiger charge is -2.04. The van der Waals surface area contributed by atoms with E-state index in [1.807, 2.05) is 6.07 Å². The fourth-order valence-electron chi connectivity index (χ4n) is 2.92. The molecule has 156 valence electrons. The minimum absolute atomic E-state index is 0.0307. The van der Waals surface area contributed by atoms with Crippen LogP contribution in [0.1, 0.15) is 9.80 Å². The minimum Gasteiger partial charge on any atom is -0.320 e. The number of hydrogen-bond acceptors (Lipinski definition) is 5. The third-order valence-corrected chi connectivity index (χ3v) is 6.45. The average molecular weight is 454 g/mol. The summed E-state index contributed by atoms with van der Waals surface area (Å²) in [6, 6.07) is 20.7. The van der Waals surface area contributed by atoms with Gasteiger partial charge < -0.3 is 5.32 Å². The van der Waals surface area contributed by atoms with Crippen molar-refractivity contribution in [3.05, 3.63) is 89.7 Å². The van der Waals surface area contributed by atoms with Crippen molar-refractivity contribution >= 4 is 33.0 Å². The molecule has 1 heterocycles. The molecule has 1 amide bonds. The largest absolute Gasteiger partial charge is 0.320 e. The van der Waals surface area contributed by atoms with E-state index >= 15 is 0 Å². The fourth-order valence-corrected chi connectivity index (χ4v) is 4.42. The Morgan fingerprint density at radius 3 is 2.13 bits per heavy atom. The van der Waals surface area contributed by atoms with Gasteiger partial charge in [0.05, 0.1) is 15.5 Å². The maximum absolute atomic E-state index is 13.4. The maximum Gasteiger partial charge on any atom is 0.284 e. The number of hydrogen-bond donors (Lipinski definition) is 2. The summed E-state index contributed by atoms with van der Waals surface area (Å²) in [6.07, 6.45) is 0. The SMILES string of the molecule is NS(=O)(=O)c1ccc(-c2nc(C(=O)Nc3ccccc3)sc2-c2ccc(F)cc2)cc1. The highest BCUT2D eigenvalue weighted by atomic mass is 32.2. The first-order valence-electron chi connectivity index (χ1n) is 9.08. The molecule has 3 aromatic carbocycles. The van der Waals surface area contributed by atoms with E-state index in [0.717, 1.165) is 11.3 Å². The smallest absolute Gasteiger partial charge is 0.284 e. The van der Waals surface area contributed by atoms with Gasteiger partial charge in [-0.25, -0.2) is 22.9 Å². The van der Waals surface area contributed by atoms with Crippen molar-refractivity contribution in [3.63, 3.8) is 0 Å². The standard InChI is InChI=1S/C22H16FN3O3S2/c23-16-10-6-15(7-11-16)20-19(14-8-12-18(13-9-14)31(24,28)29)26-22(30-20)21(27)25-17-4-2-1-3-5-17/h1-13H,(H,25,27)(H2,24,28,29). The van der Waals surface area contributed by atoms with E-state index in [2.05, 4.69) is 10.3 Å². The number of nitrogens with two attached hydrogens (primary N) is 1. The lowest BCUT2D eigenvalue weighted by Crippen LogP contribution is -2.12. The van der Waals surface area contributed by atoms with Crippen molar-refractivity contribution in [1.29, 1.82) is 0 Å². The fraction of sp³-hybridized carbons (Fsp3) is 0. The summed E-state index contributed by atoms with van der Waals surface area (Å²) in [6.45, 7) is 0. The van der Waals surface area contributed by atoms with Crippen LogP contribution in [0.4, 0.5) is 10.1 Å². The molecule has 31 heavy (non-hydrogen) atoms. The molecule has 0 saturated carbocycles. The summed E-state index contributed by atoms with van der Waals surface area (Å²) in [5.41, 5.74) is 2.39. The Balaban J connectivity index is 1.77. The number of benzene rings is 3. The second-order valence-electron chi connectivity index (χ2n) is 6.59. The Kier molecular flexibility index (Phi) is 5.64. The van der Waals surface area contributed by atoms with Gasteiger partial charge in [-0.15, -0.1) is 11.3 Å². The van der Waals surface area contributed by atoms with Crippen LogP contribution in [0.25, 0.3) is 21.7 Å². The lowest BCUT2D eigenvalue weighted by atomic mass is 10.1. The molecule has 0 radical (unpaired) electrons. The Hall–Kier alpha value is -3.40. The number of carbonyl (C=O) groups excluding carboxylic acids is 1. The molecule has 6 nitrogen and oxygen atoms in total. The number of halogens is 1. The van der Waals surface area contributed by atoms with Crippen molar-refractivity contribution in [1.82, 2.24) is 4.98 Å². The van der Waals surface area contributed by atoms with Crippen LogP contribution in [-0.2, 0) is 10.0 Å². The first-order valence-corrected chi connectivity index (χ1v) is 11.4. The summed E-state index contributed by atoms with van der Waals surface area (Å²) >= 11 is 1.16. The Bertz CT molecular complexity index is 1340. The Labute approximate surface area is 182 Å². The van der Waals surface area contributed by atoms with Gasteiger partial charge in [0, 0.05) is 11.3 Å². The lowest BCUT2D eigenvalue weighted by molar-refractivity contribution is 0.102. The van der Waals surface area contributed by atoms with Gasteiger partial charge in [0.2, 0.25) is 10.0 Å². The third kappa shape index (κ3) is 4.69. The second kappa shape index (κ2) is 8.38. The number of anilines is 1. The molecular formula is C22H16FN3O3S2. The number of carbonyl (C=O) groups is 1. The molecule has 0 aliphatic rings. The van der Waals surface area contributed by atoms with Crippen molar-refractivity contribution < 1.29 is 17.6 Å². The van der Waals surface area contributed by atoms with E-state index in [1.165, 1.54) is 24.3 Å². The molecule has 0 spiro atoms. The molecule has 0 unspecified atom stereocenters. The quantitative estimate of drug-likeness (QED) is 0.464. The van der Waals surface area contributed by atoms with Gasteiger partial charge in [0.15, 0.2) is 5.01 Å². The number of aromatic nitrogens is 1. The zero-order valence-corrected chi connectivity index (χ0v) is 17.6. The number of amides is 1. The Morgan fingerprint density at radius 2 is 1.52 bits per heavy atom. The molecule has 1 aromatic heterocycles. The maximum atomic E-state index is 13.4. The van der Waals surface area contributed by atoms with Crippen LogP contribution >= 0.6 is 11.3 Å². The minimum atomic E-state index is -3.84. The molecule has 0 aliphatic carbocycles. The number of rotatable bonds is 5. The highest BCUT2D eigenvalue weighted by Gasteiger charge is 2.20. The number of sulfonamides is 1. The van der Waals surface area contributed by atoms with E-state index in [-0.39, 0.29) is 21.6 Å². The van der Waals surface area contributed by atoms with Crippen LogP contribution < -0.4 is 10.5 Å². The molecule has 9 heteroatoms. The van der Waals surface area contributed by atoms with Crippen LogP contribution in [0.5, 0.6) is 0 Å². The summed E-state index contributed by atoms with van der Waals surface area (Å²) in [7, 11) is -3.84. The van der Waals surface area contributed by atoms with Gasteiger partial charge in [0.25, 0.3) is 5.91 Å². The number of nitrogens with zero attached hydrogens (tertiary/aromatic N) is 1. The number of nitrogens with one attached hydrogen (secondary N) is 1. The van der Waals surface area contributed by atoms with E-state index in [1.54, 1.807) is 48.5 Å². The van der Waals surface area contributed by atoms with Crippen molar-refractivity contribution in [3.8, 4) is 21.7 Å². The van der Waals surface area contributed by atoms with Gasteiger partial charge >= 0.3 is 0 Å². The number of thiazole rings is 1. The van der Waals surface area contributed by atoms with E-state index in [9.17, 15) is 17.6 Å². The predicted octanol–water partition coefficient (Wildman–Crippen LogP) is 4.52. The van der Waals surface area contributed by atoms with Gasteiger partial charge in [-0.05, 0) is 42.0 Å². The van der Waals surface area contributed by atoms with Gasteiger partial charge in [-0.3, -0.25) is 4.79 Å². The zero-order chi connectivity index (χ0) is 22.0. The number of para-hydroxylation sites is 1. The highest BCUT2D eigenvalue weighted by Crippen LogP contribution is 2.37. The molecule has 0 fully saturated rings. The normalized spacial score (nSPS) is 11.3. The molecule has 0 saturated heterocycles. The van der Waals surface area contributed by atoms with Crippen LogP contribution in [0.2, 0.25) is 0 Å². The summed E-state index contributed by atoms with van der Waals surface area (Å²) < 4.78 is 36.5. The highest BCUT2D eigenvalue weighted by molar-refractivity contribution is 7.89. The monoisotopic (exact) mass is 453 g/mol. The molecule has 0 aliphatic heterocycles. The van der Waals surface area contributed by atoms with Crippen LogP contribution in [-0.4, -0.2) is 19.3 Å². The summed E-state index contributed by atoms with van der Waals surface area (Å²) in [4.78, 5) is 17.9. The van der Waals surface area contributed by atoms with E-state index in [0.29, 0.717) is 27.4 Å². The first-order chi connectivity index (χ1) is 14.8. The molecule has 4 rings (SSSR count). The molecule has 4 aromatic rings. The molecular weight excluding hydrogens is 437 g/mol. The first kappa shape index (κ1) is 20.9. The van der Waals surface area contributed by atoms with Crippen LogP contribution in [0.3, 0.4) is 0 Å². The predicted molar refractivity (Wildman–Crippen MR) is 119 cm³/mol.